The van der Waals surface area contributed by atoms with Crippen LogP contribution in [0.3, 0.4) is 0 Å². The Labute approximate surface area is 214 Å². The number of para-hydroxylation sites is 1. The summed E-state index contributed by atoms with van der Waals surface area (Å²) in [6, 6.07) is 20.0. The van der Waals surface area contributed by atoms with Crippen LogP contribution in [0.15, 0.2) is 85.5 Å². The van der Waals surface area contributed by atoms with Gasteiger partial charge in [0, 0.05) is 20.4 Å². The van der Waals surface area contributed by atoms with Crippen molar-refractivity contribution in [2.75, 3.05) is 0 Å². The summed E-state index contributed by atoms with van der Waals surface area (Å²) in [5.74, 6) is 1.37. The van der Waals surface area contributed by atoms with E-state index in [1.807, 2.05) is 31.2 Å². The van der Waals surface area contributed by atoms with Crippen molar-refractivity contribution in [2.45, 2.75) is 26.4 Å². The maximum atomic E-state index is 13.5. The van der Waals surface area contributed by atoms with Crippen molar-refractivity contribution >= 4 is 55.6 Å². The van der Waals surface area contributed by atoms with Crippen molar-refractivity contribution < 1.29 is 9.15 Å². The summed E-state index contributed by atoms with van der Waals surface area (Å²) in [5.41, 5.74) is 1.61. The van der Waals surface area contributed by atoms with E-state index in [9.17, 15) is 4.79 Å². The van der Waals surface area contributed by atoms with Crippen LogP contribution in [-0.2, 0) is 0 Å². The molecule has 0 N–H and O–H groups in total. The number of rotatable bonds is 6. The Morgan fingerprint density at radius 2 is 2.00 bits per heavy atom. The van der Waals surface area contributed by atoms with E-state index in [0.29, 0.717) is 33.0 Å². The second-order valence-electron chi connectivity index (χ2n) is 8.13. The molecule has 0 bridgehead atoms. The standard InChI is InChI=1S/C27H21BrClN3O3/c1-3-16(2)34-24-10-8-19(28)12-18(24)15-30-32-26(31-22-7-5-4-6-21(22)27(32)33)25-14-17-13-20(29)9-11-23(17)35-25/h4-16H,3H2,1-2H3/t16-/m1/s1. The van der Waals surface area contributed by atoms with E-state index in [4.69, 9.17) is 25.7 Å². The molecule has 8 heteroatoms. The fourth-order valence-corrected chi connectivity index (χ4v) is 4.22. The lowest BCUT2D eigenvalue weighted by atomic mass is 10.2. The minimum absolute atomic E-state index is 0.0336. The number of hydrogen-bond donors (Lipinski definition) is 0. The molecule has 0 unspecified atom stereocenters. The molecule has 0 aliphatic rings. The van der Waals surface area contributed by atoms with Crippen LogP contribution in [0.1, 0.15) is 25.8 Å². The fourth-order valence-electron chi connectivity index (χ4n) is 3.66. The molecule has 35 heavy (non-hydrogen) atoms. The summed E-state index contributed by atoms with van der Waals surface area (Å²) in [7, 11) is 0. The van der Waals surface area contributed by atoms with Crippen LogP contribution in [0.4, 0.5) is 0 Å². The van der Waals surface area contributed by atoms with Crippen molar-refractivity contribution in [1.82, 2.24) is 9.66 Å². The van der Waals surface area contributed by atoms with Crippen molar-refractivity contribution in [1.29, 1.82) is 0 Å². The summed E-state index contributed by atoms with van der Waals surface area (Å²) in [6.07, 6.45) is 2.50. The van der Waals surface area contributed by atoms with Crippen LogP contribution in [0.25, 0.3) is 33.5 Å². The van der Waals surface area contributed by atoms with Crippen LogP contribution in [0, 0.1) is 0 Å². The molecule has 0 radical (unpaired) electrons. The van der Waals surface area contributed by atoms with E-state index in [0.717, 1.165) is 21.8 Å². The van der Waals surface area contributed by atoms with E-state index in [1.54, 1.807) is 48.7 Å². The minimum Gasteiger partial charge on any atom is -0.490 e. The minimum atomic E-state index is -0.306. The van der Waals surface area contributed by atoms with E-state index in [1.165, 1.54) is 4.68 Å². The van der Waals surface area contributed by atoms with Gasteiger partial charge in [0.1, 0.15) is 11.3 Å². The normalized spacial score (nSPS) is 12.6. The van der Waals surface area contributed by atoms with Gasteiger partial charge in [0.2, 0.25) is 5.82 Å². The summed E-state index contributed by atoms with van der Waals surface area (Å²) in [6.45, 7) is 4.07. The predicted octanol–water partition coefficient (Wildman–Crippen LogP) is 7.29. The Morgan fingerprint density at radius 3 is 2.83 bits per heavy atom. The van der Waals surface area contributed by atoms with Gasteiger partial charge in [-0.25, -0.2) is 4.98 Å². The highest BCUT2D eigenvalue weighted by atomic mass is 79.9. The first-order chi connectivity index (χ1) is 16.9. The maximum absolute atomic E-state index is 13.5. The van der Waals surface area contributed by atoms with Crippen LogP contribution in [0.5, 0.6) is 5.75 Å². The van der Waals surface area contributed by atoms with E-state index in [-0.39, 0.29) is 17.5 Å². The number of fused-ring (bicyclic) bond motifs is 2. The molecule has 0 aliphatic carbocycles. The molecule has 3 aromatic carbocycles. The molecular formula is C27H21BrClN3O3. The third-order valence-corrected chi connectivity index (χ3v) is 6.37. The molecule has 2 aromatic heterocycles. The highest BCUT2D eigenvalue weighted by Gasteiger charge is 2.17. The topological polar surface area (TPSA) is 69.6 Å². The molecule has 176 valence electrons. The van der Waals surface area contributed by atoms with Crippen molar-refractivity contribution in [2.24, 2.45) is 5.10 Å². The zero-order valence-corrected chi connectivity index (χ0v) is 21.4. The molecule has 5 aromatic rings. The van der Waals surface area contributed by atoms with Gasteiger partial charge in [0.05, 0.1) is 23.2 Å². The van der Waals surface area contributed by atoms with Gasteiger partial charge in [0.25, 0.3) is 5.56 Å². The van der Waals surface area contributed by atoms with Gasteiger partial charge in [-0.15, -0.1) is 0 Å². The van der Waals surface area contributed by atoms with Gasteiger partial charge >= 0.3 is 0 Å². The van der Waals surface area contributed by atoms with Gasteiger partial charge in [0.15, 0.2) is 5.76 Å². The summed E-state index contributed by atoms with van der Waals surface area (Å²) < 4.78 is 14.2. The number of benzene rings is 3. The Morgan fingerprint density at radius 1 is 1.17 bits per heavy atom. The number of ether oxygens (including phenoxy) is 1. The number of nitrogens with zero attached hydrogens (tertiary/aromatic N) is 3. The first kappa shape index (κ1) is 23.3. The number of halogens is 2. The van der Waals surface area contributed by atoms with E-state index >= 15 is 0 Å². The van der Waals surface area contributed by atoms with E-state index in [2.05, 4.69) is 28.0 Å². The Kier molecular flexibility index (Phi) is 6.45. The second-order valence-corrected chi connectivity index (χ2v) is 9.48. The maximum Gasteiger partial charge on any atom is 0.282 e. The molecule has 0 fully saturated rings. The Hall–Kier alpha value is -3.42. The molecular weight excluding hydrogens is 530 g/mol. The fraction of sp³-hybridized carbons (Fsp3) is 0.148. The van der Waals surface area contributed by atoms with Crippen LogP contribution in [-0.4, -0.2) is 22.0 Å². The highest BCUT2D eigenvalue weighted by Crippen LogP contribution is 2.29. The molecule has 0 spiro atoms. The third kappa shape index (κ3) is 4.74. The van der Waals surface area contributed by atoms with Crippen molar-refractivity contribution in [3.05, 3.63) is 92.1 Å². The van der Waals surface area contributed by atoms with Gasteiger partial charge < -0.3 is 9.15 Å². The SMILES string of the molecule is CC[C@@H](C)Oc1ccc(Br)cc1C=Nn1c(-c2cc3cc(Cl)ccc3o2)nc2ccccc2c1=O. The second kappa shape index (κ2) is 9.68. The number of hydrogen-bond acceptors (Lipinski definition) is 5. The predicted molar refractivity (Wildman–Crippen MR) is 144 cm³/mol. The average Bonchev–Trinajstić information content (AvgIpc) is 3.27. The Balaban J connectivity index is 1.69. The van der Waals surface area contributed by atoms with Crippen molar-refractivity contribution in [3.63, 3.8) is 0 Å². The Bertz CT molecular complexity index is 1640. The number of aromatic nitrogens is 2. The lowest BCUT2D eigenvalue weighted by Gasteiger charge is -2.15. The van der Waals surface area contributed by atoms with Gasteiger partial charge in [-0.05, 0) is 67.9 Å². The largest absolute Gasteiger partial charge is 0.490 e. The average molecular weight is 551 g/mol. The van der Waals surface area contributed by atoms with Crippen LogP contribution >= 0.6 is 27.5 Å². The summed E-state index contributed by atoms with van der Waals surface area (Å²) in [4.78, 5) is 18.2. The van der Waals surface area contributed by atoms with Gasteiger partial charge in [-0.3, -0.25) is 4.79 Å². The lowest BCUT2D eigenvalue weighted by molar-refractivity contribution is 0.217. The first-order valence-electron chi connectivity index (χ1n) is 11.1. The van der Waals surface area contributed by atoms with Crippen molar-refractivity contribution in [3.8, 4) is 17.3 Å². The quantitative estimate of drug-likeness (QED) is 0.208. The zero-order valence-electron chi connectivity index (χ0n) is 19.0. The number of furan rings is 1. The monoisotopic (exact) mass is 549 g/mol. The van der Waals surface area contributed by atoms with E-state index < -0.39 is 0 Å². The lowest BCUT2D eigenvalue weighted by Crippen LogP contribution is -2.20. The summed E-state index contributed by atoms with van der Waals surface area (Å²) in [5, 5.41) is 6.41. The van der Waals surface area contributed by atoms with Crippen LogP contribution < -0.4 is 10.3 Å². The third-order valence-electron chi connectivity index (χ3n) is 5.64. The van der Waals surface area contributed by atoms with Gasteiger partial charge in [-0.2, -0.15) is 9.78 Å². The molecule has 1 atom stereocenters. The molecule has 6 nitrogen and oxygen atoms in total. The molecule has 5 rings (SSSR count). The molecule has 2 heterocycles. The first-order valence-corrected chi connectivity index (χ1v) is 12.3. The smallest absolute Gasteiger partial charge is 0.282 e. The molecule has 0 amide bonds. The zero-order chi connectivity index (χ0) is 24.5. The molecule has 0 aliphatic heterocycles. The molecule has 0 saturated carbocycles. The highest BCUT2D eigenvalue weighted by molar-refractivity contribution is 9.10. The molecule has 0 saturated heterocycles. The van der Waals surface area contributed by atoms with Gasteiger partial charge in [-0.1, -0.05) is 46.6 Å². The van der Waals surface area contributed by atoms with Crippen LogP contribution in [0.2, 0.25) is 5.02 Å². The summed E-state index contributed by atoms with van der Waals surface area (Å²) >= 11 is 9.65.